The highest BCUT2D eigenvalue weighted by Gasteiger charge is 2.03. The van der Waals surface area contributed by atoms with Crippen molar-refractivity contribution in [1.82, 2.24) is 10.2 Å². The monoisotopic (exact) mass is 607 g/mol. The number of carbonyl (C=O) groups excluding carboxylic acids is 1. The zero-order valence-electron chi connectivity index (χ0n) is 30.3. The summed E-state index contributed by atoms with van der Waals surface area (Å²) in [6, 6.07) is 0. The van der Waals surface area contributed by atoms with Crippen LogP contribution in [0.2, 0.25) is 0 Å². The maximum Gasteiger partial charge on any atom is 0.219 e. The summed E-state index contributed by atoms with van der Waals surface area (Å²) >= 11 is 0. The fraction of sp³-hybridized carbons (Fsp3) is 0.975. The fourth-order valence-electron chi connectivity index (χ4n) is 6.36. The summed E-state index contributed by atoms with van der Waals surface area (Å²) in [5.41, 5.74) is 0. The average molecular weight is 607 g/mol. The summed E-state index contributed by atoms with van der Waals surface area (Å²) < 4.78 is 0. The van der Waals surface area contributed by atoms with Crippen LogP contribution >= 0.6 is 0 Å². The third-order valence-corrected chi connectivity index (χ3v) is 9.44. The zero-order valence-corrected chi connectivity index (χ0v) is 30.3. The minimum absolute atomic E-state index is 0.259. The molecule has 0 bridgehead atoms. The van der Waals surface area contributed by atoms with Crippen LogP contribution in [0.15, 0.2) is 0 Å². The molecule has 258 valence electrons. The third kappa shape index (κ3) is 37.5. The van der Waals surface area contributed by atoms with Crippen LogP contribution in [-0.2, 0) is 4.79 Å². The van der Waals surface area contributed by atoms with E-state index in [4.69, 9.17) is 0 Å². The van der Waals surface area contributed by atoms with Crippen LogP contribution in [0.25, 0.3) is 0 Å². The summed E-state index contributed by atoms with van der Waals surface area (Å²) in [5, 5.41) is 3.15. The number of carbonyl (C=O) groups is 1. The number of amides is 1. The Balaban J connectivity index is 3.25. The molecule has 3 nitrogen and oxygen atoms in total. The Hall–Kier alpha value is -0.570. The summed E-state index contributed by atoms with van der Waals surface area (Å²) in [6.07, 6.45) is 45.2. The maximum atomic E-state index is 12.1. The molecule has 0 saturated heterocycles. The van der Waals surface area contributed by atoms with E-state index in [0.29, 0.717) is 6.42 Å². The lowest BCUT2D eigenvalue weighted by atomic mass is 10.0. The van der Waals surface area contributed by atoms with Gasteiger partial charge in [-0.1, -0.05) is 200 Å². The van der Waals surface area contributed by atoms with Gasteiger partial charge in [-0.15, -0.1) is 0 Å². The molecule has 0 aliphatic carbocycles. The van der Waals surface area contributed by atoms with Crippen LogP contribution in [0.4, 0.5) is 0 Å². The highest BCUT2D eigenvalue weighted by molar-refractivity contribution is 5.75. The van der Waals surface area contributed by atoms with Gasteiger partial charge in [0.2, 0.25) is 5.91 Å². The summed E-state index contributed by atoms with van der Waals surface area (Å²) in [6.45, 7) is 7.72. The quantitative estimate of drug-likeness (QED) is 0.0713. The largest absolute Gasteiger partial charge is 0.356 e. The molecule has 0 spiro atoms. The highest BCUT2D eigenvalue weighted by atomic mass is 16.1. The van der Waals surface area contributed by atoms with Crippen molar-refractivity contribution >= 4 is 5.91 Å². The van der Waals surface area contributed by atoms with Gasteiger partial charge in [0.15, 0.2) is 0 Å². The molecule has 0 aromatic rings. The van der Waals surface area contributed by atoms with Gasteiger partial charge in [0.1, 0.15) is 0 Å². The molecule has 0 aromatic carbocycles. The number of hydrogen-bond acceptors (Lipinski definition) is 2. The molecule has 3 heteroatoms. The summed E-state index contributed by atoms with van der Waals surface area (Å²) in [4.78, 5) is 14.6. The van der Waals surface area contributed by atoms with Crippen molar-refractivity contribution in [3.05, 3.63) is 0 Å². The van der Waals surface area contributed by atoms with Gasteiger partial charge in [0.05, 0.1) is 0 Å². The first-order valence-electron chi connectivity index (χ1n) is 20.2. The first kappa shape index (κ1) is 42.4. The van der Waals surface area contributed by atoms with E-state index in [1.54, 1.807) is 0 Å². The topological polar surface area (TPSA) is 32.3 Å². The van der Waals surface area contributed by atoms with E-state index < -0.39 is 0 Å². The minimum Gasteiger partial charge on any atom is -0.356 e. The van der Waals surface area contributed by atoms with Crippen molar-refractivity contribution < 1.29 is 4.79 Å². The van der Waals surface area contributed by atoms with Gasteiger partial charge in [0.25, 0.3) is 0 Å². The molecule has 0 atom stereocenters. The van der Waals surface area contributed by atoms with Gasteiger partial charge in [0, 0.05) is 13.0 Å². The number of nitrogens with one attached hydrogen (secondary N) is 1. The molecule has 0 aliphatic heterocycles. The van der Waals surface area contributed by atoms with Crippen molar-refractivity contribution in [2.75, 3.05) is 26.7 Å². The number of nitrogens with zero attached hydrogens (tertiary/aromatic N) is 1. The second-order valence-electron chi connectivity index (χ2n) is 14.0. The number of unbranched alkanes of at least 4 members (excludes halogenated alkanes) is 29. The van der Waals surface area contributed by atoms with E-state index >= 15 is 0 Å². The third-order valence-electron chi connectivity index (χ3n) is 9.44. The Kier molecular flexibility index (Phi) is 37.1. The predicted octanol–water partition coefficient (Wildman–Crippen LogP) is 12.9. The van der Waals surface area contributed by atoms with E-state index in [9.17, 15) is 4.79 Å². The standard InChI is InChI=1S/C40H82N2O/c1-4-6-8-10-12-14-16-18-20-22-24-26-28-30-32-34-38-42(3)39-35-37-41-40(43)36-33-31-29-27-25-23-21-19-17-15-13-11-9-7-5-2/h4-39H2,1-3H3,(H,41,43). The first-order valence-corrected chi connectivity index (χ1v) is 20.2. The SMILES string of the molecule is CCCCCCCCCCCCCCCCCCN(C)CCCNC(=O)CCCCCCCCCCCCCCCCC. The normalized spacial score (nSPS) is 11.5. The summed E-state index contributed by atoms with van der Waals surface area (Å²) in [7, 11) is 2.24. The lowest BCUT2D eigenvalue weighted by Gasteiger charge is -2.16. The number of hydrogen-bond donors (Lipinski definition) is 1. The van der Waals surface area contributed by atoms with Gasteiger partial charge in [-0.2, -0.15) is 0 Å². The Labute approximate surface area is 272 Å². The second kappa shape index (κ2) is 37.6. The molecule has 0 heterocycles. The molecule has 0 radical (unpaired) electrons. The zero-order chi connectivity index (χ0) is 31.3. The van der Waals surface area contributed by atoms with E-state index in [1.165, 1.54) is 199 Å². The van der Waals surface area contributed by atoms with Crippen molar-refractivity contribution in [3.63, 3.8) is 0 Å². The van der Waals surface area contributed by atoms with Crippen molar-refractivity contribution in [3.8, 4) is 0 Å². The molecule has 0 aromatic heterocycles. The molecular formula is C40H82N2O. The van der Waals surface area contributed by atoms with E-state index in [1.807, 2.05) is 0 Å². The van der Waals surface area contributed by atoms with Crippen LogP contribution in [0.5, 0.6) is 0 Å². The highest BCUT2D eigenvalue weighted by Crippen LogP contribution is 2.15. The molecular weight excluding hydrogens is 524 g/mol. The molecule has 0 fully saturated rings. The van der Waals surface area contributed by atoms with Crippen LogP contribution in [0.3, 0.4) is 0 Å². The molecule has 0 aliphatic rings. The second-order valence-corrected chi connectivity index (χ2v) is 14.0. The first-order chi connectivity index (χ1) is 21.2. The Morgan fingerprint density at radius 1 is 0.395 bits per heavy atom. The molecule has 1 N–H and O–H groups in total. The molecule has 1 amide bonds. The van der Waals surface area contributed by atoms with Gasteiger partial charge in [-0.3, -0.25) is 4.79 Å². The molecule has 0 saturated carbocycles. The average Bonchev–Trinajstić information content (AvgIpc) is 3.01. The van der Waals surface area contributed by atoms with Gasteiger partial charge in [-0.05, 0) is 39.4 Å². The lowest BCUT2D eigenvalue weighted by Crippen LogP contribution is -2.28. The van der Waals surface area contributed by atoms with E-state index in [-0.39, 0.29) is 5.91 Å². The van der Waals surface area contributed by atoms with E-state index in [0.717, 1.165) is 25.9 Å². The maximum absolute atomic E-state index is 12.1. The van der Waals surface area contributed by atoms with Crippen molar-refractivity contribution in [2.24, 2.45) is 0 Å². The van der Waals surface area contributed by atoms with Crippen LogP contribution in [0.1, 0.15) is 226 Å². The summed E-state index contributed by atoms with van der Waals surface area (Å²) in [5.74, 6) is 0.259. The fourth-order valence-corrected chi connectivity index (χ4v) is 6.36. The number of rotatable bonds is 37. The Bertz CT molecular complexity index is 523. The van der Waals surface area contributed by atoms with Gasteiger partial charge < -0.3 is 10.2 Å². The van der Waals surface area contributed by atoms with Crippen LogP contribution < -0.4 is 5.32 Å². The Morgan fingerprint density at radius 3 is 1.02 bits per heavy atom. The van der Waals surface area contributed by atoms with Crippen molar-refractivity contribution in [2.45, 2.75) is 226 Å². The van der Waals surface area contributed by atoms with Gasteiger partial charge in [-0.25, -0.2) is 0 Å². The van der Waals surface area contributed by atoms with Crippen LogP contribution in [0, 0.1) is 0 Å². The molecule has 43 heavy (non-hydrogen) atoms. The van der Waals surface area contributed by atoms with Crippen LogP contribution in [-0.4, -0.2) is 37.5 Å². The van der Waals surface area contributed by atoms with E-state index in [2.05, 4.69) is 31.1 Å². The Morgan fingerprint density at radius 2 is 0.674 bits per heavy atom. The smallest absolute Gasteiger partial charge is 0.219 e. The molecule has 0 rings (SSSR count). The predicted molar refractivity (Wildman–Crippen MR) is 194 cm³/mol. The lowest BCUT2D eigenvalue weighted by molar-refractivity contribution is -0.121. The van der Waals surface area contributed by atoms with Crippen molar-refractivity contribution in [1.29, 1.82) is 0 Å². The minimum atomic E-state index is 0.259. The molecule has 0 unspecified atom stereocenters. The van der Waals surface area contributed by atoms with Gasteiger partial charge >= 0.3 is 0 Å².